The molecule has 0 saturated heterocycles. The molecule has 0 bridgehead atoms. The van der Waals surface area contributed by atoms with Crippen LogP contribution in [-0.2, 0) is 17.8 Å². The van der Waals surface area contributed by atoms with Crippen molar-refractivity contribution in [2.75, 3.05) is 0 Å². The fourth-order valence-corrected chi connectivity index (χ4v) is 2.94. The van der Waals surface area contributed by atoms with Crippen LogP contribution < -0.4 is 0 Å². The highest BCUT2D eigenvalue weighted by molar-refractivity contribution is 9.10. The number of hydrogen-bond acceptors (Lipinski definition) is 1. The average Bonchev–Trinajstić information content (AvgIpc) is 3.34. The molecule has 3 rings (SSSR count). The van der Waals surface area contributed by atoms with Crippen LogP contribution in [0.3, 0.4) is 0 Å². The Balaban J connectivity index is 1.71. The minimum atomic E-state index is -0.306. The van der Waals surface area contributed by atoms with Crippen molar-refractivity contribution in [1.29, 1.82) is 0 Å². The lowest BCUT2D eigenvalue weighted by Crippen LogP contribution is -2.33. The summed E-state index contributed by atoms with van der Waals surface area (Å²) in [5.74, 6) is -0.204. The smallest absolute Gasteiger partial charge is 0.227 e. The highest BCUT2D eigenvalue weighted by atomic mass is 79.9. The van der Waals surface area contributed by atoms with Gasteiger partial charge in [-0.25, -0.2) is 4.39 Å². The molecule has 2 aromatic carbocycles. The summed E-state index contributed by atoms with van der Waals surface area (Å²) in [5, 5.41) is 0. The van der Waals surface area contributed by atoms with E-state index in [9.17, 15) is 9.18 Å². The van der Waals surface area contributed by atoms with Crippen LogP contribution in [0.1, 0.15) is 24.0 Å². The molecule has 0 spiro atoms. The van der Waals surface area contributed by atoms with Gasteiger partial charge in [0, 0.05) is 12.6 Å². The molecule has 1 saturated carbocycles. The second-order valence-corrected chi connectivity index (χ2v) is 6.52. The standard InChI is InChI=1S/C18H17BrFNO/c19-16-10-14(6-9-17(16)20)11-18(22)21(15-7-8-15)12-13-4-2-1-3-5-13/h1-6,9-10,15H,7-8,11-12H2. The maximum Gasteiger partial charge on any atom is 0.227 e. The van der Waals surface area contributed by atoms with Crippen LogP contribution in [0.25, 0.3) is 0 Å². The van der Waals surface area contributed by atoms with E-state index < -0.39 is 0 Å². The van der Waals surface area contributed by atoms with E-state index in [0.717, 1.165) is 24.0 Å². The molecule has 22 heavy (non-hydrogen) atoms. The van der Waals surface area contributed by atoms with E-state index >= 15 is 0 Å². The first kappa shape index (κ1) is 15.2. The van der Waals surface area contributed by atoms with Gasteiger partial charge in [0.25, 0.3) is 0 Å². The number of benzene rings is 2. The van der Waals surface area contributed by atoms with E-state index in [4.69, 9.17) is 0 Å². The van der Waals surface area contributed by atoms with Crippen molar-refractivity contribution < 1.29 is 9.18 Å². The molecule has 1 fully saturated rings. The molecule has 2 aromatic rings. The van der Waals surface area contributed by atoms with Crippen LogP contribution in [0.15, 0.2) is 53.0 Å². The number of carbonyl (C=O) groups is 1. The number of carbonyl (C=O) groups excluding carboxylic acids is 1. The van der Waals surface area contributed by atoms with Crippen molar-refractivity contribution in [3.8, 4) is 0 Å². The lowest BCUT2D eigenvalue weighted by atomic mass is 10.1. The van der Waals surface area contributed by atoms with Gasteiger partial charge < -0.3 is 4.90 Å². The molecule has 2 nitrogen and oxygen atoms in total. The number of halogens is 2. The quantitative estimate of drug-likeness (QED) is 0.776. The van der Waals surface area contributed by atoms with Crippen LogP contribution in [0.4, 0.5) is 4.39 Å². The van der Waals surface area contributed by atoms with Crippen molar-refractivity contribution in [1.82, 2.24) is 4.90 Å². The molecular formula is C18H17BrFNO. The van der Waals surface area contributed by atoms with Gasteiger partial charge in [-0.3, -0.25) is 4.79 Å². The van der Waals surface area contributed by atoms with Crippen molar-refractivity contribution >= 4 is 21.8 Å². The summed E-state index contributed by atoms with van der Waals surface area (Å²) in [7, 11) is 0. The molecule has 114 valence electrons. The molecule has 0 atom stereocenters. The Bertz CT molecular complexity index is 670. The van der Waals surface area contributed by atoms with E-state index in [-0.39, 0.29) is 11.7 Å². The second-order valence-electron chi connectivity index (χ2n) is 5.66. The first-order valence-corrected chi connectivity index (χ1v) is 8.20. The number of hydrogen-bond donors (Lipinski definition) is 0. The van der Waals surface area contributed by atoms with Crippen LogP contribution in [0, 0.1) is 5.82 Å². The molecule has 0 unspecified atom stereocenters. The van der Waals surface area contributed by atoms with Gasteiger partial charge in [-0.05, 0) is 52.0 Å². The second kappa shape index (κ2) is 6.61. The summed E-state index contributed by atoms with van der Waals surface area (Å²) in [6.45, 7) is 0.646. The van der Waals surface area contributed by atoms with Crippen molar-refractivity contribution in [2.24, 2.45) is 0 Å². The van der Waals surface area contributed by atoms with Gasteiger partial charge in [0.1, 0.15) is 5.82 Å². The highest BCUT2D eigenvalue weighted by Crippen LogP contribution is 2.29. The zero-order valence-corrected chi connectivity index (χ0v) is 13.7. The molecule has 0 N–H and O–H groups in total. The Hall–Kier alpha value is -1.68. The fourth-order valence-electron chi connectivity index (χ4n) is 2.51. The normalized spacial score (nSPS) is 13.9. The van der Waals surface area contributed by atoms with Crippen LogP contribution in [-0.4, -0.2) is 16.8 Å². The minimum absolute atomic E-state index is 0.102. The van der Waals surface area contributed by atoms with E-state index in [1.54, 1.807) is 12.1 Å². The van der Waals surface area contributed by atoms with E-state index in [0.29, 0.717) is 23.5 Å². The number of rotatable bonds is 5. The van der Waals surface area contributed by atoms with Gasteiger partial charge in [-0.1, -0.05) is 36.4 Å². The molecule has 4 heteroatoms. The van der Waals surface area contributed by atoms with Crippen molar-refractivity contribution in [3.63, 3.8) is 0 Å². The monoisotopic (exact) mass is 361 g/mol. The summed E-state index contributed by atoms with van der Waals surface area (Å²) in [4.78, 5) is 14.6. The van der Waals surface area contributed by atoms with Crippen molar-refractivity contribution in [3.05, 3.63) is 69.9 Å². The Morgan fingerprint density at radius 1 is 1.14 bits per heavy atom. The number of amides is 1. The predicted octanol–water partition coefficient (Wildman–Crippen LogP) is 4.32. The third-order valence-corrected chi connectivity index (χ3v) is 4.45. The zero-order chi connectivity index (χ0) is 15.5. The molecular weight excluding hydrogens is 345 g/mol. The maximum absolute atomic E-state index is 13.3. The van der Waals surface area contributed by atoms with Crippen LogP contribution in [0.5, 0.6) is 0 Å². The predicted molar refractivity (Wildman–Crippen MR) is 87.8 cm³/mol. The minimum Gasteiger partial charge on any atom is -0.335 e. The van der Waals surface area contributed by atoms with E-state index in [1.165, 1.54) is 6.07 Å². The molecule has 0 aliphatic heterocycles. The first-order valence-electron chi connectivity index (χ1n) is 7.41. The van der Waals surface area contributed by atoms with Gasteiger partial charge in [0.05, 0.1) is 10.9 Å². The SMILES string of the molecule is O=C(Cc1ccc(F)c(Br)c1)N(Cc1ccccc1)C1CC1. The molecule has 0 radical (unpaired) electrons. The van der Waals surface area contributed by atoms with E-state index in [1.807, 2.05) is 35.2 Å². The van der Waals surface area contributed by atoms with Gasteiger partial charge in [-0.15, -0.1) is 0 Å². The van der Waals surface area contributed by atoms with Crippen LogP contribution >= 0.6 is 15.9 Å². The lowest BCUT2D eigenvalue weighted by molar-refractivity contribution is -0.131. The van der Waals surface area contributed by atoms with E-state index in [2.05, 4.69) is 15.9 Å². The van der Waals surface area contributed by atoms with Gasteiger partial charge in [0.2, 0.25) is 5.91 Å². The Morgan fingerprint density at radius 2 is 1.86 bits per heavy atom. The molecule has 0 aromatic heterocycles. The lowest BCUT2D eigenvalue weighted by Gasteiger charge is -2.23. The maximum atomic E-state index is 13.3. The zero-order valence-electron chi connectivity index (χ0n) is 12.1. The fraction of sp³-hybridized carbons (Fsp3) is 0.278. The van der Waals surface area contributed by atoms with Crippen LogP contribution in [0.2, 0.25) is 0 Å². The Kier molecular flexibility index (Phi) is 4.57. The molecule has 1 aliphatic rings. The third-order valence-electron chi connectivity index (χ3n) is 3.84. The topological polar surface area (TPSA) is 20.3 Å². The molecule has 1 aliphatic carbocycles. The van der Waals surface area contributed by atoms with Gasteiger partial charge in [-0.2, -0.15) is 0 Å². The summed E-state index contributed by atoms with van der Waals surface area (Å²) in [6.07, 6.45) is 2.46. The van der Waals surface area contributed by atoms with Crippen molar-refractivity contribution in [2.45, 2.75) is 31.8 Å². The third kappa shape index (κ3) is 3.74. The summed E-state index contributed by atoms with van der Waals surface area (Å²) in [5.41, 5.74) is 1.97. The Labute approximate surface area is 138 Å². The van der Waals surface area contributed by atoms with Gasteiger partial charge >= 0.3 is 0 Å². The van der Waals surface area contributed by atoms with Gasteiger partial charge in [0.15, 0.2) is 0 Å². The highest BCUT2D eigenvalue weighted by Gasteiger charge is 2.32. The largest absolute Gasteiger partial charge is 0.335 e. The number of nitrogens with zero attached hydrogens (tertiary/aromatic N) is 1. The summed E-state index contributed by atoms with van der Waals surface area (Å²) >= 11 is 3.17. The average molecular weight is 362 g/mol. The summed E-state index contributed by atoms with van der Waals surface area (Å²) < 4.78 is 13.7. The summed E-state index contributed by atoms with van der Waals surface area (Å²) in [6, 6.07) is 15.1. The Morgan fingerprint density at radius 3 is 2.50 bits per heavy atom. The first-order chi connectivity index (χ1) is 10.6. The molecule has 0 heterocycles. The molecule has 1 amide bonds.